The Labute approximate surface area is 184 Å². The van der Waals surface area contributed by atoms with Gasteiger partial charge in [-0.3, -0.25) is 9.59 Å². The number of hydrogen-bond donors (Lipinski definition) is 4. The molecule has 0 aliphatic heterocycles. The SMILES string of the molecule is CC(C)(C)[C@@H](CO)NC(=O)Cn1c[n+](CC(=O)N[C@H](CO)C(C)(C)C)c2ccccc21. The summed E-state index contributed by atoms with van der Waals surface area (Å²) in [6.45, 7) is 11.6. The van der Waals surface area contributed by atoms with Gasteiger partial charge in [0.25, 0.3) is 11.8 Å². The van der Waals surface area contributed by atoms with E-state index in [4.69, 9.17) is 0 Å². The number of fused-ring (bicyclic) bond motifs is 1. The average molecular weight is 434 g/mol. The molecule has 0 unspecified atom stereocenters. The van der Waals surface area contributed by atoms with Crippen molar-refractivity contribution >= 4 is 22.8 Å². The van der Waals surface area contributed by atoms with Crippen LogP contribution in [-0.2, 0) is 22.7 Å². The maximum Gasteiger partial charge on any atom is 0.262 e. The van der Waals surface area contributed by atoms with E-state index in [-0.39, 0.29) is 61.0 Å². The molecule has 2 atom stereocenters. The van der Waals surface area contributed by atoms with Gasteiger partial charge in [-0.05, 0) is 23.0 Å². The number of para-hydroxylation sites is 2. The Hall–Kier alpha value is -2.45. The van der Waals surface area contributed by atoms with Crippen molar-refractivity contribution in [3.63, 3.8) is 0 Å². The first-order valence-corrected chi connectivity index (χ1v) is 10.6. The molecule has 4 N–H and O–H groups in total. The molecule has 0 bridgehead atoms. The summed E-state index contributed by atoms with van der Waals surface area (Å²) >= 11 is 0. The molecule has 0 spiro atoms. The molecule has 2 amide bonds. The Morgan fingerprint density at radius 2 is 1.45 bits per heavy atom. The number of carbonyl (C=O) groups is 2. The number of hydrogen-bond acceptors (Lipinski definition) is 4. The van der Waals surface area contributed by atoms with E-state index < -0.39 is 0 Å². The van der Waals surface area contributed by atoms with Gasteiger partial charge in [0.15, 0.2) is 24.1 Å². The first kappa shape index (κ1) is 24.8. The van der Waals surface area contributed by atoms with Crippen molar-refractivity contribution in [2.45, 2.75) is 66.7 Å². The molecule has 0 fully saturated rings. The van der Waals surface area contributed by atoms with E-state index in [1.165, 1.54) is 0 Å². The Morgan fingerprint density at radius 1 is 0.935 bits per heavy atom. The first-order chi connectivity index (χ1) is 14.4. The molecule has 1 aromatic heterocycles. The minimum absolute atomic E-state index is 0.0724. The summed E-state index contributed by atoms with van der Waals surface area (Å²) in [5, 5.41) is 25.0. The van der Waals surface area contributed by atoms with Gasteiger partial charge in [-0.1, -0.05) is 53.7 Å². The largest absolute Gasteiger partial charge is 0.394 e. The molecule has 8 nitrogen and oxygen atoms in total. The molecule has 0 saturated carbocycles. The average Bonchev–Trinajstić information content (AvgIpc) is 2.99. The van der Waals surface area contributed by atoms with E-state index in [9.17, 15) is 19.8 Å². The molecular formula is C23H37N4O4+. The summed E-state index contributed by atoms with van der Waals surface area (Å²) in [6, 6.07) is 6.86. The lowest BCUT2D eigenvalue weighted by molar-refractivity contribution is -0.659. The number of carbonyl (C=O) groups excluding carboxylic acids is 2. The van der Waals surface area contributed by atoms with Crippen LogP contribution in [0.4, 0.5) is 0 Å². The van der Waals surface area contributed by atoms with Gasteiger partial charge in [0.2, 0.25) is 6.33 Å². The monoisotopic (exact) mass is 433 g/mol. The second kappa shape index (κ2) is 9.78. The van der Waals surface area contributed by atoms with Gasteiger partial charge in [-0.15, -0.1) is 0 Å². The quantitative estimate of drug-likeness (QED) is 0.466. The van der Waals surface area contributed by atoms with Crippen LogP contribution < -0.4 is 15.2 Å². The number of aromatic nitrogens is 2. The van der Waals surface area contributed by atoms with Crippen LogP contribution in [0.1, 0.15) is 41.5 Å². The highest BCUT2D eigenvalue weighted by Gasteiger charge is 2.28. The molecule has 1 heterocycles. The van der Waals surface area contributed by atoms with Crippen molar-refractivity contribution in [1.82, 2.24) is 15.2 Å². The minimum Gasteiger partial charge on any atom is -0.394 e. The van der Waals surface area contributed by atoms with E-state index in [1.807, 2.05) is 65.8 Å². The van der Waals surface area contributed by atoms with Gasteiger partial charge in [-0.25, -0.2) is 9.13 Å². The van der Waals surface area contributed by atoms with Crippen LogP contribution in [0.25, 0.3) is 11.0 Å². The van der Waals surface area contributed by atoms with Gasteiger partial charge >= 0.3 is 0 Å². The summed E-state index contributed by atoms with van der Waals surface area (Å²) in [7, 11) is 0. The van der Waals surface area contributed by atoms with E-state index in [2.05, 4.69) is 10.6 Å². The normalized spacial score (nSPS) is 14.3. The van der Waals surface area contributed by atoms with Crippen molar-refractivity contribution in [2.75, 3.05) is 13.2 Å². The highest BCUT2D eigenvalue weighted by molar-refractivity contribution is 5.80. The summed E-state index contributed by atoms with van der Waals surface area (Å²) < 4.78 is 3.59. The first-order valence-electron chi connectivity index (χ1n) is 10.6. The predicted molar refractivity (Wildman–Crippen MR) is 119 cm³/mol. The second-order valence-electron chi connectivity index (χ2n) is 10.2. The van der Waals surface area contributed by atoms with Crippen LogP contribution in [0.5, 0.6) is 0 Å². The van der Waals surface area contributed by atoms with E-state index in [1.54, 1.807) is 15.5 Å². The number of amides is 2. The van der Waals surface area contributed by atoms with E-state index >= 15 is 0 Å². The molecule has 0 aliphatic rings. The third-order valence-electron chi connectivity index (χ3n) is 5.53. The van der Waals surface area contributed by atoms with Crippen LogP contribution in [0.2, 0.25) is 0 Å². The summed E-state index contributed by atoms with van der Waals surface area (Å²) in [5.41, 5.74) is 1.13. The number of imidazole rings is 1. The zero-order valence-corrected chi connectivity index (χ0v) is 19.5. The number of nitrogens with zero attached hydrogens (tertiary/aromatic N) is 2. The molecular weight excluding hydrogens is 396 g/mol. The molecule has 31 heavy (non-hydrogen) atoms. The Morgan fingerprint density at radius 3 is 1.97 bits per heavy atom. The van der Waals surface area contributed by atoms with Crippen LogP contribution in [-0.4, -0.2) is 51.9 Å². The van der Waals surface area contributed by atoms with Crippen LogP contribution in [0.3, 0.4) is 0 Å². The molecule has 172 valence electrons. The molecule has 1 aromatic carbocycles. The maximum atomic E-state index is 12.6. The minimum atomic E-state index is -0.354. The van der Waals surface area contributed by atoms with Gasteiger partial charge in [-0.2, -0.15) is 0 Å². The lowest BCUT2D eigenvalue weighted by Gasteiger charge is -2.29. The maximum absolute atomic E-state index is 12.6. The fourth-order valence-corrected chi connectivity index (χ4v) is 3.36. The van der Waals surface area contributed by atoms with Gasteiger partial charge in [0, 0.05) is 0 Å². The third kappa shape index (κ3) is 6.51. The number of aliphatic hydroxyl groups is 2. The van der Waals surface area contributed by atoms with E-state index in [0.29, 0.717) is 0 Å². The number of aliphatic hydroxyl groups excluding tert-OH is 2. The zero-order valence-electron chi connectivity index (χ0n) is 19.5. The summed E-state index contributed by atoms with van der Waals surface area (Å²) in [4.78, 5) is 25.3. The van der Waals surface area contributed by atoms with Crippen molar-refractivity contribution in [3.05, 3.63) is 30.6 Å². The van der Waals surface area contributed by atoms with Crippen molar-refractivity contribution < 1.29 is 24.4 Å². The fourth-order valence-electron chi connectivity index (χ4n) is 3.36. The third-order valence-corrected chi connectivity index (χ3v) is 5.53. The van der Waals surface area contributed by atoms with Crippen LogP contribution in [0, 0.1) is 10.8 Å². The van der Waals surface area contributed by atoms with Gasteiger partial charge < -0.3 is 20.8 Å². The van der Waals surface area contributed by atoms with Gasteiger partial charge in [0.05, 0.1) is 25.3 Å². The molecule has 0 saturated heterocycles. The Bertz CT molecular complexity index is 836. The summed E-state index contributed by atoms with van der Waals surface area (Å²) in [5.74, 6) is -0.418. The lowest BCUT2D eigenvalue weighted by Crippen LogP contribution is -2.51. The van der Waals surface area contributed by atoms with Crippen molar-refractivity contribution in [3.8, 4) is 0 Å². The smallest absolute Gasteiger partial charge is 0.262 e. The summed E-state index contributed by atoms with van der Waals surface area (Å²) in [6.07, 6.45) is 1.75. The highest BCUT2D eigenvalue weighted by Crippen LogP contribution is 2.20. The van der Waals surface area contributed by atoms with Crippen molar-refractivity contribution in [1.29, 1.82) is 0 Å². The van der Waals surface area contributed by atoms with Crippen molar-refractivity contribution in [2.24, 2.45) is 10.8 Å². The Kier molecular flexibility index (Phi) is 7.83. The van der Waals surface area contributed by atoms with Crippen LogP contribution >= 0.6 is 0 Å². The lowest BCUT2D eigenvalue weighted by atomic mass is 9.87. The fraction of sp³-hybridized carbons (Fsp3) is 0.609. The predicted octanol–water partition coefficient (Wildman–Crippen LogP) is 0.975. The standard InChI is InChI=1S/C23H36N4O4/c1-22(2,3)18(13-28)24-20(30)11-26-15-27(17-10-8-7-9-16(17)26)12-21(31)25-19(14-29)23(4,5)6/h7-10,15,18-19,28-29H,11-14H2,1-6H3,(H-,24,25,30,31)/p+1/t18-,19-/m1/s1. The zero-order chi connectivity index (χ0) is 23.4. The molecule has 8 heteroatoms. The molecule has 0 radical (unpaired) electrons. The Balaban J connectivity index is 2.20. The number of nitrogens with one attached hydrogen (secondary N) is 2. The topological polar surface area (TPSA) is 107 Å². The van der Waals surface area contributed by atoms with Crippen LogP contribution in [0.15, 0.2) is 30.6 Å². The molecule has 2 aromatic rings. The van der Waals surface area contributed by atoms with Gasteiger partial charge in [0.1, 0.15) is 0 Å². The highest BCUT2D eigenvalue weighted by atomic mass is 16.3. The molecule has 0 aliphatic carbocycles. The number of benzene rings is 1. The van der Waals surface area contributed by atoms with E-state index in [0.717, 1.165) is 11.0 Å². The molecule has 2 rings (SSSR count). The number of rotatable bonds is 8. The second-order valence-corrected chi connectivity index (χ2v) is 10.2.